The molecule has 2 saturated heterocycles. The van der Waals surface area contributed by atoms with Crippen molar-refractivity contribution in [2.75, 3.05) is 19.7 Å². The third-order valence-corrected chi connectivity index (χ3v) is 6.51. The Hall–Kier alpha value is -2.31. The van der Waals surface area contributed by atoms with Crippen LogP contribution in [-0.2, 0) is 0 Å². The van der Waals surface area contributed by atoms with Crippen LogP contribution in [0.25, 0.3) is 0 Å². The molecule has 0 aromatic heterocycles. The van der Waals surface area contributed by atoms with E-state index in [1.165, 1.54) is 12.1 Å². The first kappa shape index (κ1) is 21.9. The average molecular weight is 447 g/mol. The second-order valence-corrected chi connectivity index (χ2v) is 8.60. The van der Waals surface area contributed by atoms with Crippen LogP contribution in [0.1, 0.15) is 36.0 Å². The number of piperidine rings is 1. The van der Waals surface area contributed by atoms with Crippen molar-refractivity contribution in [1.82, 2.24) is 10.2 Å². The predicted molar refractivity (Wildman–Crippen MR) is 119 cm³/mol. The van der Waals surface area contributed by atoms with Gasteiger partial charge < -0.3 is 19.7 Å². The molecule has 2 fully saturated rings. The molecule has 0 saturated carbocycles. The van der Waals surface area contributed by atoms with Crippen LogP contribution < -0.4 is 14.8 Å². The molecule has 3 aliphatic heterocycles. The van der Waals surface area contributed by atoms with Gasteiger partial charge in [0.2, 0.25) is 0 Å². The lowest BCUT2D eigenvalue weighted by molar-refractivity contribution is 0.0514. The molecule has 2 aromatic carbocycles. The maximum absolute atomic E-state index is 13.5. The fraction of sp³-hybridized carbons (Fsp3) is 0.458. The molecular weight excluding hydrogens is 419 g/mol. The molecule has 1 unspecified atom stereocenters. The van der Waals surface area contributed by atoms with Crippen LogP contribution in [0.4, 0.5) is 4.39 Å². The summed E-state index contributed by atoms with van der Waals surface area (Å²) in [7, 11) is 0. The zero-order chi connectivity index (χ0) is 20.5. The summed E-state index contributed by atoms with van der Waals surface area (Å²) < 4.78 is 25.3. The summed E-state index contributed by atoms with van der Waals surface area (Å²) in [5, 5.41) is 3.55. The van der Waals surface area contributed by atoms with E-state index in [4.69, 9.17) is 9.47 Å². The number of halogens is 2. The largest absolute Gasteiger partial charge is 0.486 e. The number of fused-ring (bicyclic) bond motifs is 3. The molecule has 3 heterocycles. The van der Waals surface area contributed by atoms with E-state index < -0.39 is 0 Å². The molecule has 7 heteroatoms. The zero-order valence-corrected chi connectivity index (χ0v) is 18.2. The van der Waals surface area contributed by atoms with Crippen LogP contribution in [0.5, 0.6) is 11.5 Å². The highest BCUT2D eigenvalue weighted by molar-refractivity contribution is 5.95. The van der Waals surface area contributed by atoms with E-state index in [-0.39, 0.29) is 42.3 Å². The van der Waals surface area contributed by atoms with Gasteiger partial charge in [-0.15, -0.1) is 12.4 Å². The number of nitrogens with one attached hydrogen (secondary N) is 1. The smallest absolute Gasteiger partial charge is 0.254 e. The SMILES string of the molecule is Cl.O=C(c1cccc(F)c1)N1[C@@H]2CC[C@H]1C[C@H](CNCC1COc3ccccc3O1)C2. The number of carbonyl (C=O) groups excluding carboxylic acids is 1. The number of nitrogens with zero attached hydrogens (tertiary/aromatic N) is 1. The molecule has 4 atom stereocenters. The lowest BCUT2D eigenvalue weighted by Gasteiger charge is -2.39. The van der Waals surface area contributed by atoms with Gasteiger partial charge in [-0.2, -0.15) is 0 Å². The Morgan fingerprint density at radius 3 is 2.52 bits per heavy atom. The predicted octanol–water partition coefficient (Wildman–Crippen LogP) is 4.06. The number of carbonyl (C=O) groups is 1. The van der Waals surface area contributed by atoms with E-state index in [2.05, 4.69) is 5.32 Å². The minimum atomic E-state index is -0.358. The van der Waals surface area contributed by atoms with E-state index in [1.807, 2.05) is 29.2 Å². The normalized spacial score (nSPS) is 26.3. The summed E-state index contributed by atoms with van der Waals surface area (Å²) in [6, 6.07) is 14.3. The molecule has 2 aromatic rings. The Morgan fingerprint density at radius 1 is 1.03 bits per heavy atom. The van der Waals surface area contributed by atoms with Crippen molar-refractivity contribution in [2.24, 2.45) is 5.92 Å². The first-order valence-corrected chi connectivity index (χ1v) is 10.8. The van der Waals surface area contributed by atoms with E-state index in [0.29, 0.717) is 18.1 Å². The van der Waals surface area contributed by atoms with Gasteiger partial charge in [0.1, 0.15) is 18.5 Å². The molecule has 1 N–H and O–H groups in total. The van der Waals surface area contributed by atoms with Gasteiger partial charge in [0.25, 0.3) is 5.91 Å². The van der Waals surface area contributed by atoms with Gasteiger partial charge in [0, 0.05) is 24.2 Å². The number of ether oxygens (including phenoxy) is 2. The first-order chi connectivity index (χ1) is 14.7. The van der Waals surface area contributed by atoms with Gasteiger partial charge >= 0.3 is 0 Å². The van der Waals surface area contributed by atoms with Crippen molar-refractivity contribution in [2.45, 2.75) is 43.9 Å². The van der Waals surface area contributed by atoms with E-state index >= 15 is 0 Å². The molecule has 0 spiro atoms. The van der Waals surface area contributed by atoms with Crippen LogP contribution in [0.2, 0.25) is 0 Å². The zero-order valence-electron chi connectivity index (χ0n) is 17.3. The van der Waals surface area contributed by atoms with Crippen LogP contribution >= 0.6 is 12.4 Å². The van der Waals surface area contributed by atoms with Gasteiger partial charge in [0.05, 0.1) is 0 Å². The van der Waals surface area contributed by atoms with Crippen molar-refractivity contribution in [1.29, 1.82) is 0 Å². The monoisotopic (exact) mass is 446 g/mol. The minimum absolute atomic E-state index is 0. The fourth-order valence-corrected chi connectivity index (χ4v) is 5.17. The highest BCUT2D eigenvalue weighted by Gasteiger charge is 2.43. The summed E-state index contributed by atoms with van der Waals surface area (Å²) in [5.41, 5.74) is 0.457. The molecule has 5 rings (SSSR count). The Labute approximate surface area is 188 Å². The molecule has 5 nitrogen and oxygen atoms in total. The fourth-order valence-electron chi connectivity index (χ4n) is 5.17. The Bertz CT molecular complexity index is 913. The van der Waals surface area contributed by atoms with Crippen LogP contribution in [0, 0.1) is 11.7 Å². The molecule has 0 aliphatic carbocycles. The topological polar surface area (TPSA) is 50.8 Å². The molecule has 166 valence electrons. The van der Waals surface area contributed by atoms with Crippen molar-refractivity contribution in [3.63, 3.8) is 0 Å². The third-order valence-electron chi connectivity index (χ3n) is 6.51. The van der Waals surface area contributed by atoms with Crippen LogP contribution in [-0.4, -0.2) is 48.7 Å². The number of amides is 1. The highest BCUT2D eigenvalue weighted by atomic mass is 35.5. The highest BCUT2D eigenvalue weighted by Crippen LogP contribution is 2.39. The average Bonchev–Trinajstić information content (AvgIpc) is 3.03. The van der Waals surface area contributed by atoms with Gasteiger partial charge in [-0.3, -0.25) is 4.79 Å². The van der Waals surface area contributed by atoms with Gasteiger partial charge in [-0.25, -0.2) is 4.39 Å². The molecule has 31 heavy (non-hydrogen) atoms. The quantitative estimate of drug-likeness (QED) is 0.752. The van der Waals surface area contributed by atoms with Crippen molar-refractivity contribution in [3.05, 3.63) is 59.9 Å². The van der Waals surface area contributed by atoms with Gasteiger partial charge in [-0.1, -0.05) is 18.2 Å². The second kappa shape index (κ2) is 9.45. The van der Waals surface area contributed by atoms with Crippen LogP contribution in [0.15, 0.2) is 48.5 Å². The van der Waals surface area contributed by atoms with Gasteiger partial charge in [-0.05, 0) is 68.5 Å². The summed E-state index contributed by atoms with van der Waals surface area (Å²) in [6.07, 6.45) is 4.08. The number of hydrogen-bond donors (Lipinski definition) is 1. The molecule has 3 aliphatic rings. The summed E-state index contributed by atoms with van der Waals surface area (Å²) in [5.74, 6) is 1.76. The van der Waals surface area contributed by atoms with E-state index in [1.54, 1.807) is 12.1 Å². The number of hydrogen-bond acceptors (Lipinski definition) is 4. The first-order valence-electron chi connectivity index (χ1n) is 10.8. The number of para-hydroxylation sites is 2. The van der Waals surface area contributed by atoms with Gasteiger partial charge in [0.15, 0.2) is 11.5 Å². The van der Waals surface area contributed by atoms with Crippen LogP contribution in [0.3, 0.4) is 0 Å². The van der Waals surface area contributed by atoms with E-state index in [0.717, 1.165) is 50.3 Å². The lowest BCUT2D eigenvalue weighted by Crippen LogP contribution is -2.48. The van der Waals surface area contributed by atoms with E-state index in [9.17, 15) is 9.18 Å². The lowest BCUT2D eigenvalue weighted by atomic mass is 9.90. The second-order valence-electron chi connectivity index (χ2n) is 8.60. The minimum Gasteiger partial charge on any atom is -0.486 e. The van der Waals surface area contributed by atoms with Crippen molar-refractivity contribution < 1.29 is 18.7 Å². The summed E-state index contributed by atoms with van der Waals surface area (Å²) in [4.78, 5) is 15.0. The standard InChI is InChI=1S/C24H27FN2O3.ClH/c25-18-5-3-4-17(12-18)24(28)27-19-8-9-20(27)11-16(10-19)13-26-14-21-15-29-22-6-1-2-7-23(22)30-21;/h1-7,12,16,19-21,26H,8-11,13-15H2;1H/t16-,19-,20+,21?;. The molecule has 0 radical (unpaired) electrons. The van der Waals surface area contributed by atoms with Crippen molar-refractivity contribution in [3.8, 4) is 11.5 Å². The maximum Gasteiger partial charge on any atom is 0.254 e. The van der Waals surface area contributed by atoms with Crippen molar-refractivity contribution >= 4 is 18.3 Å². The molecule has 2 bridgehead atoms. The third kappa shape index (κ3) is 4.65. The summed E-state index contributed by atoms with van der Waals surface area (Å²) in [6.45, 7) is 2.21. The Morgan fingerprint density at radius 2 is 1.77 bits per heavy atom. The Balaban J connectivity index is 0.00000231. The Kier molecular flexibility index (Phi) is 6.68. The summed E-state index contributed by atoms with van der Waals surface area (Å²) >= 11 is 0. The number of rotatable bonds is 5. The molecular formula is C24H28ClFN2O3. The maximum atomic E-state index is 13.5. The molecule has 1 amide bonds. The number of benzene rings is 2.